The molecule has 0 atom stereocenters. The van der Waals surface area contributed by atoms with E-state index in [1.807, 2.05) is 0 Å². The second-order valence-corrected chi connectivity index (χ2v) is 5.96. The van der Waals surface area contributed by atoms with Crippen LogP contribution >= 0.6 is 0 Å². The van der Waals surface area contributed by atoms with E-state index in [4.69, 9.17) is 9.47 Å². The Bertz CT molecular complexity index is 542. The minimum Gasteiger partial charge on any atom is -0.496 e. The number of rotatable bonds is 5. The number of ether oxygens (including phenoxy) is 2. The van der Waals surface area contributed by atoms with E-state index < -0.39 is 11.8 Å². The fraction of sp³-hybridized carbons (Fsp3) is 0.556. The molecule has 0 spiro atoms. The van der Waals surface area contributed by atoms with Crippen molar-refractivity contribution in [2.45, 2.75) is 45.4 Å². The van der Waals surface area contributed by atoms with Crippen LogP contribution in [0.15, 0.2) is 18.2 Å². The third-order valence-electron chi connectivity index (χ3n) is 4.41. The van der Waals surface area contributed by atoms with Gasteiger partial charge in [0.25, 0.3) is 5.78 Å². The lowest BCUT2D eigenvalue weighted by Gasteiger charge is -2.27. The van der Waals surface area contributed by atoms with Gasteiger partial charge in [0.2, 0.25) is 0 Å². The quantitative estimate of drug-likeness (QED) is 0.472. The van der Waals surface area contributed by atoms with Gasteiger partial charge in [-0.25, -0.2) is 4.79 Å². The van der Waals surface area contributed by atoms with Crippen LogP contribution < -0.4 is 4.74 Å². The second kappa shape index (κ2) is 7.43. The maximum Gasteiger partial charge on any atom is 0.379 e. The van der Waals surface area contributed by atoms with E-state index in [-0.39, 0.29) is 6.61 Å². The number of hydrogen-bond donors (Lipinski definition) is 0. The minimum atomic E-state index is -0.795. The average molecular weight is 304 g/mol. The lowest BCUT2D eigenvalue weighted by Crippen LogP contribution is -2.18. The molecule has 0 unspecified atom stereocenters. The Labute approximate surface area is 131 Å². The topological polar surface area (TPSA) is 52.6 Å². The van der Waals surface area contributed by atoms with Crippen LogP contribution in [-0.2, 0) is 9.53 Å². The monoisotopic (exact) mass is 304 g/mol. The fourth-order valence-corrected chi connectivity index (χ4v) is 3.08. The van der Waals surface area contributed by atoms with E-state index in [1.54, 1.807) is 32.2 Å². The lowest BCUT2D eigenvalue weighted by atomic mass is 9.78. The van der Waals surface area contributed by atoms with Gasteiger partial charge in [-0.1, -0.05) is 19.8 Å². The lowest BCUT2D eigenvalue weighted by molar-refractivity contribution is -0.137. The van der Waals surface area contributed by atoms with Gasteiger partial charge in [-0.2, -0.15) is 0 Å². The third-order valence-corrected chi connectivity index (χ3v) is 4.41. The number of carbonyl (C=O) groups is 2. The van der Waals surface area contributed by atoms with Gasteiger partial charge in [0.1, 0.15) is 5.75 Å². The summed E-state index contributed by atoms with van der Waals surface area (Å²) in [4.78, 5) is 23.7. The summed E-state index contributed by atoms with van der Waals surface area (Å²) in [5.41, 5.74) is 1.41. The molecule has 0 aromatic heterocycles. The molecule has 22 heavy (non-hydrogen) atoms. The van der Waals surface area contributed by atoms with Crippen LogP contribution in [0.3, 0.4) is 0 Å². The van der Waals surface area contributed by atoms with Crippen molar-refractivity contribution < 1.29 is 19.1 Å². The first-order valence-electron chi connectivity index (χ1n) is 7.96. The third kappa shape index (κ3) is 3.67. The highest BCUT2D eigenvalue weighted by Gasteiger charge is 2.25. The van der Waals surface area contributed by atoms with Crippen molar-refractivity contribution in [3.05, 3.63) is 29.3 Å². The maximum atomic E-state index is 12.1. The molecule has 0 bridgehead atoms. The van der Waals surface area contributed by atoms with Crippen molar-refractivity contribution in [2.75, 3.05) is 13.7 Å². The molecule has 4 heteroatoms. The Morgan fingerprint density at radius 2 is 1.86 bits per heavy atom. The van der Waals surface area contributed by atoms with Gasteiger partial charge in [0, 0.05) is 5.56 Å². The highest BCUT2D eigenvalue weighted by atomic mass is 16.5. The first kappa shape index (κ1) is 16.5. The van der Waals surface area contributed by atoms with E-state index in [1.165, 1.54) is 12.8 Å². The SMILES string of the molecule is CCOC(=O)C(=O)c1ccc(OC)c(C2CCC(C)CC2)c1. The molecule has 0 N–H and O–H groups in total. The molecule has 1 aromatic carbocycles. The van der Waals surface area contributed by atoms with Crippen molar-refractivity contribution in [3.8, 4) is 5.75 Å². The Morgan fingerprint density at radius 3 is 2.45 bits per heavy atom. The molecule has 0 heterocycles. The Morgan fingerprint density at radius 1 is 1.18 bits per heavy atom. The summed E-state index contributed by atoms with van der Waals surface area (Å²) >= 11 is 0. The summed E-state index contributed by atoms with van der Waals surface area (Å²) in [7, 11) is 1.64. The van der Waals surface area contributed by atoms with E-state index >= 15 is 0 Å². The molecule has 1 fully saturated rings. The molecular formula is C18H24O4. The number of ketones is 1. The van der Waals surface area contributed by atoms with Crippen LogP contribution in [0.25, 0.3) is 0 Å². The first-order valence-corrected chi connectivity index (χ1v) is 7.96. The number of carbonyl (C=O) groups excluding carboxylic acids is 2. The summed E-state index contributed by atoms with van der Waals surface area (Å²) < 4.78 is 10.2. The molecular weight excluding hydrogens is 280 g/mol. The molecule has 1 aliphatic rings. The molecule has 4 nitrogen and oxygen atoms in total. The fourth-order valence-electron chi connectivity index (χ4n) is 3.08. The van der Waals surface area contributed by atoms with E-state index in [0.717, 1.165) is 30.1 Å². The van der Waals surface area contributed by atoms with Crippen LogP contribution in [0, 0.1) is 5.92 Å². The van der Waals surface area contributed by atoms with Gasteiger partial charge in [0.15, 0.2) is 0 Å². The summed E-state index contributed by atoms with van der Waals surface area (Å²) in [5.74, 6) is 0.554. The van der Waals surface area contributed by atoms with Crippen molar-refractivity contribution in [1.29, 1.82) is 0 Å². The normalized spacial score (nSPS) is 21.2. The smallest absolute Gasteiger partial charge is 0.379 e. The molecule has 0 amide bonds. The molecule has 1 saturated carbocycles. The molecule has 0 radical (unpaired) electrons. The predicted octanol–water partition coefficient (Wildman–Crippen LogP) is 3.73. The predicted molar refractivity (Wildman–Crippen MR) is 84.3 cm³/mol. The summed E-state index contributed by atoms with van der Waals surface area (Å²) in [5, 5.41) is 0. The first-order chi connectivity index (χ1) is 10.6. The molecule has 0 saturated heterocycles. The Hall–Kier alpha value is -1.84. The molecule has 1 aromatic rings. The van der Waals surface area contributed by atoms with Crippen molar-refractivity contribution >= 4 is 11.8 Å². The maximum absolute atomic E-state index is 12.1. The average Bonchev–Trinajstić information content (AvgIpc) is 2.54. The summed E-state index contributed by atoms with van der Waals surface area (Å²) in [6.45, 7) is 4.16. The van der Waals surface area contributed by atoms with Crippen LogP contribution in [0.5, 0.6) is 5.75 Å². The molecule has 1 aliphatic carbocycles. The highest BCUT2D eigenvalue weighted by molar-refractivity contribution is 6.40. The molecule has 2 rings (SSSR count). The second-order valence-electron chi connectivity index (χ2n) is 5.96. The molecule has 0 aliphatic heterocycles. The Balaban J connectivity index is 2.26. The van der Waals surface area contributed by atoms with Gasteiger partial charge in [-0.15, -0.1) is 0 Å². The number of benzene rings is 1. The zero-order valence-electron chi connectivity index (χ0n) is 13.6. The van der Waals surface area contributed by atoms with Gasteiger partial charge in [-0.3, -0.25) is 4.79 Å². The zero-order chi connectivity index (χ0) is 16.1. The summed E-state index contributed by atoms with van der Waals surface area (Å²) in [6, 6.07) is 5.21. The van der Waals surface area contributed by atoms with E-state index in [2.05, 4.69) is 6.92 Å². The molecule has 120 valence electrons. The number of hydrogen-bond acceptors (Lipinski definition) is 4. The van der Waals surface area contributed by atoms with E-state index in [0.29, 0.717) is 11.5 Å². The van der Waals surface area contributed by atoms with E-state index in [9.17, 15) is 9.59 Å². The standard InChI is InChI=1S/C18H24O4/c1-4-22-18(20)17(19)14-9-10-16(21-3)15(11-14)13-7-5-12(2)6-8-13/h9-13H,4-8H2,1-3H3. The van der Waals surface area contributed by atoms with Gasteiger partial charge in [-0.05, 0) is 55.4 Å². The minimum absolute atomic E-state index is 0.202. The van der Waals surface area contributed by atoms with Gasteiger partial charge >= 0.3 is 5.97 Å². The summed E-state index contributed by atoms with van der Waals surface area (Å²) in [6.07, 6.45) is 4.55. The van der Waals surface area contributed by atoms with Gasteiger partial charge in [0.05, 0.1) is 13.7 Å². The van der Waals surface area contributed by atoms with Crippen molar-refractivity contribution in [1.82, 2.24) is 0 Å². The largest absolute Gasteiger partial charge is 0.496 e. The Kier molecular flexibility index (Phi) is 5.58. The van der Waals surface area contributed by atoms with Crippen LogP contribution in [0.2, 0.25) is 0 Å². The zero-order valence-corrected chi connectivity index (χ0v) is 13.6. The van der Waals surface area contributed by atoms with Gasteiger partial charge < -0.3 is 9.47 Å². The highest BCUT2D eigenvalue weighted by Crippen LogP contribution is 2.39. The van der Waals surface area contributed by atoms with Crippen LogP contribution in [-0.4, -0.2) is 25.5 Å². The van der Waals surface area contributed by atoms with Crippen molar-refractivity contribution in [2.24, 2.45) is 5.92 Å². The number of esters is 1. The number of Topliss-reactive ketones (excluding diaryl/α,β-unsaturated/α-hetero) is 1. The van der Waals surface area contributed by atoms with Crippen LogP contribution in [0.4, 0.5) is 0 Å². The number of methoxy groups -OCH3 is 1. The van der Waals surface area contributed by atoms with Crippen molar-refractivity contribution in [3.63, 3.8) is 0 Å². The van der Waals surface area contributed by atoms with Crippen LogP contribution in [0.1, 0.15) is 61.4 Å².